The van der Waals surface area contributed by atoms with Crippen molar-refractivity contribution in [2.45, 2.75) is 31.6 Å². The van der Waals surface area contributed by atoms with E-state index < -0.39 is 5.60 Å². The van der Waals surface area contributed by atoms with Crippen LogP contribution in [0.3, 0.4) is 0 Å². The molecule has 0 aliphatic carbocycles. The Labute approximate surface area is 175 Å². The second-order valence-electron chi connectivity index (χ2n) is 8.16. The molecule has 2 aliphatic heterocycles. The predicted octanol–water partition coefficient (Wildman–Crippen LogP) is 2.29. The molecule has 0 bridgehead atoms. The third kappa shape index (κ3) is 4.37. The van der Waals surface area contributed by atoms with Crippen molar-refractivity contribution in [3.05, 3.63) is 39.7 Å². The number of nitrogens with zero attached hydrogens (tertiary/aromatic N) is 2. The lowest BCUT2D eigenvalue weighted by molar-refractivity contribution is -0.122. The molecule has 1 unspecified atom stereocenters. The van der Waals surface area contributed by atoms with Crippen LogP contribution in [0, 0.1) is 0 Å². The van der Waals surface area contributed by atoms with E-state index in [1.165, 1.54) is 0 Å². The Morgan fingerprint density at radius 2 is 1.97 bits per heavy atom. The number of benzene rings is 1. The molecule has 2 aliphatic rings. The van der Waals surface area contributed by atoms with Gasteiger partial charge in [0.05, 0.1) is 0 Å². The van der Waals surface area contributed by atoms with Gasteiger partial charge in [-0.2, -0.15) is 11.8 Å². The average molecular weight is 416 g/mol. The summed E-state index contributed by atoms with van der Waals surface area (Å²) in [5.74, 6) is 2.44. The topological polar surface area (TPSA) is 65.6 Å². The summed E-state index contributed by atoms with van der Waals surface area (Å²) >= 11 is 1.79. The minimum atomic E-state index is -0.903. The zero-order chi connectivity index (χ0) is 20.4. The lowest BCUT2D eigenvalue weighted by atomic mass is 10.0. The van der Waals surface area contributed by atoms with Gasteiger partial charge in [-0.15, -0.1) is 0 Å². The van der Waals surface area contributed by atoms with Gasteiger partial charge in [-0.05, 0) is 49.4 Å². The van der Waals surface area contributed by atoms with Gasteiger partial charge in [0.1, 0.15) is 5.75 Å². The number of carbonyl (C=O) groups excluding carboxylic acids is 1. The highest BCUT2D eigenvalue weighted by Gasteiger charge is 2.31. The number of likely N-dealkylation sites (N-methyl/N-ethyl adjacent to an activating group) is 1. The van der Waals surface area contributed by atoms with E-state index in [-0.39, 0.29) is 5.56 Å². The summed E-state index contributed by atoms with van der Waals surface area (Å²) in [5, 5.41) is 1.03. The maximum Gasteiger partial charge on any atom is 0.252 e. The first-order chi connectivity index (χ1) is 14.0. The van der Waals surface area contributed by atoms with Crippen molar-refractivity contribution in [3.8, 4) is 5.75 Å². The van der Waals surface area contributed by atoms with Crippen molar-refractivity contribution in [2.24, 2.45) is 0 Å². The average Bonchev–Trinajstić information content (AvgIpc) is 2.75. The molecule has 1 aromatic heterocycles. The number of rotatable bonds is 6. The molecule has 7 heteroatoms. The van der Waals surface area contributed by atoms with Crippen LogP contribution in [0.25, 0.3) is 10.9 Å². The van der Waals surface area contributed by atoms with Gasteiger partial charge in [-0.1, -0.05) is 6.92 Å². The Kier molecular flexibility index (Phi) is 5.99. The van der Waals surface area contributed by atoms with Crippen LogP contribution in [-0.4, -0.2) is 71.7 Å². The Morgan fingerprint density at radius 1 is 1.21 bits per heavy atom. The standard InChI is InChI=1S/C22H29N3O3S/c1-3-24-7-9-25(10-8-24)14-22(2,15-26)28-16-4-5-20-18(12-16)17-6-11-29-13-19(17)21(27)23-20/h4-5,12,15H,3,6-11,13-14H2,1-2H3,(H,23,27). The fourth-order valence-corrected chi connectivity index (χ4v) is 5.30. The van der Waals surface area contributed by atoms with Crippen LogP contribution in [0.1, 0.15) is 25.0 Å². The van der Waals surface area contributed by atoms with E-state index in [1.54, 1.807) is 11.8 Å². The molecule has 0 amide bonds. The van der Waals surface area contributed by atoms with Gasteiger partial charge in [0.15, 0.2) is 11.9 Å². The molecule has 29 heavy (non-hydrogen) atoms. The van der Waals surface area contributed by atoms with Gasteiger partial charge in [0.25, 0.3) is 5.56 Å². The zero-order valence-electron chi connectivity index (χ0n) is 17.2. The highest BCUT2D eigenvalue weighted by molar-refractivity contribution is 7.98. The van der Waals surface area contributed by atoms with Crippen LogP contribution in [-0.2, 0) is 17.0 Å². The molecule has 0 radical (unpaired) electrons. The summed E-state index contributed by atoms with van der Waals surface area (Å²) in [5.41, 5.74) is 1.93. The van der Waals surface area contributed by atoms with E-state index in [9.17, 15) is 9.59 Å². The number of H-pyrrole nitrogens is 1. The van der Waals surface area contributed by atoms with E-state index in [0.29, 0.717) is 12.3 Å². The van der Waals surface area contributed by atoms with Crippen LogP contribution in [0.5, 0.6) is 5.75 Å². The first-order valence-electron chi connectivity index (χ1n) is 10.4. The number of aryl methyl sites for hydroxylation is 1. The Bertz CT molecular complexity index is 952. The molecule has 3 heterocycles. The Hall–Kier alpha value is -1.83. The molecule has 1 atom stereocenters. The Morgan fingerprint density at radius 3 is 2.69 bits per heavy atom. The van der Waals surface area contributed by atoms with Crippen molar-refractivity contribution < 1.29 is 9.53 Å². The molecule has 1 aromatic carbocycles. The fraction of sp³-hybridized carbons (Fsp3) is 0.545. The predicted molar refractivity (Wildman–Crippen MR) is 118 cm³/mol. The number of aromatic nitrogens is 1. The van der Waals surface area contributed by atoms with Gasteiger partial charge in [0.2, 0.25) is 0 Å². The molecule has 4 rings (SSSR count). The molecule has 1 fully saturated rings. The number of ether oxygens (including phenoxy) is 1. The number of pyridine rings is 1. The number of thioether (sulfide) groups is 1. The maximum absolute atomic E-state index is 12.3. The van der Waals surface area contributed by atoms with Gasteiger partial charge < -0.3 is 14.6 Å². The molecule has 6 nitrogen and oxygen atoms in total. The number of hydrogen-bond donors (Lipinski definition) is 1. The maximum atomic E-state index is 12.3. The van der Waals surface area contributed by atoms with Gasteiger partial charge in [-0.25, -0.2) is 0 Å². The smallest absolute Gasteiger partial charge is 0.252 e. The van der Waals surface area contributed by atoms with Crippen molar-refractivity contribution in [1.29, 1.82) is 0 Å². The summed E-state index contributed by atoms with van der Waals surface area (Å²) in [6, 6.07) is 5.72. The second-order valence-corrected chi connectivity index (χ2v) is 9.27. The minimum Gasteiger partial charge on any atom is -0.479 e. The van der Waals surface area contributed by atoms with E-state index in [2.05, 4.69) is 21.7 Å². The van der Waals surface area contributed by atoms with E-state index >= 15 is 0 Å². The Balaban J connectivity index is 1.56. The summed E-state index contributed by atoms with van der Waals surface area (Å²) in [6.07, 6.45) is 1.80. The van der Waals surface area contributed by atoms with Crippen LogP contribution >= 0.6 is 11.8 Å². The summed E-state index contributed by atoms with van der Waals surface area (Å²) in [6.45, 7) is 9.63. The number of nitrogens with one attached hydrogen (secondary N) is 1. The largest absolute Gasteiger partial charge is 0.479 e. The highest BCUT2D eigenvalue weighted by atomic mass is 32.2. The third-order valence-corrected chi connectivity index (χ3v) is 6.98. The van der Waals surface area contributed by atoms with E-state index in [0.717, 1.165) is 79.0 Å². The monoisotopic (exact) mass is 415 g/mol. The first kappa shape index (κ1) is 20.4. The van der Waals surface area contributed by atoms with E-state index in [4.69, 9.17) is 4.74 Å². The number of hydrogen-bond acceptors (Lipinski definition) is 6. The van der Waals surface area contributed by atoms with E-state index in [1.807, 2.05) is 25.1 Å². The molecule has 2 aromatic rings. The summed E-state index contributed by atoms with van der Waals surface area (Å²) in [7, 11) is 0. The summed E-state index contributed by atoms with van der Waals surface area (Å²) < 4.78 is 6.22. The van der Waals surface area contributed by atoms with Gasteiger partial charge >= 0.3 is 0 Å². The highest BCUT2D eigenvalue weighted by Crippen LogP contribution is 2.31. The number of aromatic amines is 1. The number of piperazine rings is 1. The molecule has 1 saturated heterocycles. The molecule has 0 saturated carbocycles. The van der Waals surface area contributed by atoms with Crippen LogP contribution in [0.2, 0.25) is 0 Å². The minimum absolute atomic E-state index is 0.0114. The van der Waals surface area contributed by atoms with Crippen molar-refractivity contribution in [1.82, 2.24) is 14.8 Å². The molecule has 156 valence electrons. The quantitative estimate of drug-likeness (QED) is 0.731. The molecule has 0 spiro atoms. The number of aldehydes is 1. The zero-order valence-corrected chi connectivity index (χ0v) is 18.0. The molecule has 1 N–H and O–H groups in total. The van der Waals surface area contributed by atoms with Crippen molar-refractivity contribution in [2.75, 3.05) is 45.0 Å². The SMILES string of the molecule is CCN1CCN(CC(C)(C=O)Oc2ccc3[nH]c(=O)c4c(c3c2)CCSC4)CC1. The number of fused-ring (bicyclic) bond motifs is 3. The van der Waals surface area contributed by atoms with Crippen LogP contribution < -0.4 is 10.3 Å². The lowest BCUT2D eigenvalue weighted by Gasteiger charge is -2.38. The normalized spacial score (nSPS) is 20.2. The fourth-order valence-electron chi connectivity index (χ4n) is 4.30. The van der Waals surface area contributed by atoms with Gasteiger partial charge in [0, 0.05) is 54.9 Å². The molecular formula is C22H29N3O3S. The van der Waals surface area contributed by atoms with Crippen molar-refractivity contribution >= 4 is 29.0 Å². The van der Waals surface area contributed by atoms with Crippen LogP contribution in [0.4, 0.5) is 0 Å². The van der Waals surface area contributed by atoms with Gasteiger partial charge in [-0.3, -0.25) is 14.5 Å². The third-order valence-electron chi connectivity index (χ3n) is 6.00. The number of carbonyl (C=O) groups is 1. The second kappa shape index (κ2) is 8.50. The summed E-state index contributed by atoms with van der Waals surface area (Å²) in [4.78, 5) is 32.0. The first-order valence-corrected chi connectivity index (χ1v) is 11.5. The van der Waals surface area contributed by atoms with Crippen molar-refractivity contribution in [3.63, 3.8) is 0 Å². The van der Waals surface area contributed by atoms with Crippen LogP contribution in [0.15, 0.2) is 23.0 Å². The molecular weight excluding hydrogens is 386 g/mol. The lowest BCUT2D eigenvalue weighted by Crippen LogP contribution is -2.53.